The van der Waals surface area contributed by atoms with Gasteiger partial charge in [-0.2, -0.15) is 0 Å². The Hall–Kier alpha value is -4.04. The van der Waals surface area contributed by atoms with Gasteiger partial charge in [0.2, 0.25) is 17.3 Å². The number of halogens is 1. The summed E-state index contributed by atoms with van der Waals surface area (Å²) in [6.07, 6.45) is 1.41. The Morgan fingerprint density at radius 2 is 1.84 bits per heavy atom. The molecule has 0 fully saturated rings. The van der Waals surface area contributed by atoms with Crippen molar-refractivity contribution in [2.75, 3.05) is 26.1 Å². The molecule has 3 aromatic rings. The third-order valence-electron chi connectivity index (χ3n) is 6.83. The number of ether oxygens (including phenoxy) is 3. The lowest BCUT2D eigenvalue weighted by Gasteiger charge is -2.38. The Labute approximate surface area is 218 Å². The van der Waals surface area contributed by atoms with Crippen LogP contribution in [0.15, 0.2) is 60.3 Å². The number of hydrogen-bond acceptors (Lipinski definition) is 7. The second-order valence-electron chi connectivity index (χ2n) is 9.02. The van der Waals surface area contributed by atoms with Crippen molar-refractivity contribution in [1.29, 1.82) is 0 Å². The predicted molar refractivity (Wildman–Crippen MR) is 140 cm³/mol. The number of ketones is 2. The SMILES string of the molecule is COc1cc(OC)c2c(c1Cl)O[C@]1(C2=O)C(NCC(=O)Nc2cccc3ccccc23)=CC(=O)C[C@H]1C. The number of amides is 1. The number of methoxy groups -OCH3 is 2. The van der Waals surface area contributed by atoms with Gasteiger partial charge in [0.1, 0.15) is 22.1 Å². The summed E-state index contributed by atoms with van der Waals surface area (Å²) in [5.41, 5.74) is -0.546. The van der Waals surface area contributed by atoms with Crippen LogP contribution in [0.5, 0.6) is 17.2 Å². The van der Waals surface area contributed by atoms with Gasteiger partial charge in [-0.1, -0.05) is 54.9 Å². The fraction of sp³-hybridized carbons (Fsp3) is 0.250. The van der Waals surface area contributed by atoms with E-state index in [1.807, 2.05) is 42.5 Å². The largest absolute Gasteiger partial charge is 0.496 e. The molecule has 0 radical (unpaired) electrons. The number of nitrogens with one attached hydrogen (secondary N) is 2. The van der Waals surface area contributed by atoms with Crippen LogP contribution >= 0.6 is 11.6 Å². The molecule has 0 aromatic heterocycles. The number of fused-ring (bicyclic) bond motifs is 2. The summed E-state index contributed by atoms with van der Waals surface area (Å²) in [6, 6.07) is 14.9. The summed E-state index contributed by atoms with van der Waals surface area (Å²) in [6.45, 7) is 1.56. The van der Waals surface area contributed by atoms with Crippen LogP contribution in [0, 0.1) is 5.92 Å². The molecule has 8 nitrogen and oxygen atoms in total. The lowest BCUT2D eigenvalue weighted by atomic mass is 9.74. The fourth-order valence-corrected chi connectivity index (χ4v) is 5.29. The maximum Gasteiger partial charge on any atom is 0.243 e. The van der Waals surface area contributed by atoms with Gasteiger partial charge in [-0.15, -0.1) is 0 Å². The van der Waals surface area contributed by atoms with Crippen molar-refractivity contribution in [3.8, 4) is 17.2 Å². The molecule has 1 amide bonds. The molecule has 2 N–H and O–H groups in total. The highest BCUT2D eigenvalue weighted by Gasteiger charge is 2.59. The number of allylic oxidation sites excluding steroid dienone is 1. The Balaban J connectivity index is 1.45. The van der Waals surface area contributed by atoms with Crippen molar-refractivity contribution in [3.05, 3.63) is 70.9 Å². The Morgan fingerprint density at radius 3 is 2.59 bits per heavy atom. The molecule has 190 valence electrons. The van der Waals surface area contributed by atoms with Gasteiger partial charge in [-0.25, -0.2) is 0 Å². The van der Waals surface area contributed by atoms with E-state index in [1.165, 1.54) is 26.4 Å². The second-order valence-corrected chi connectivity index (χ2v) is 9.40. The zero-order valence-corrected chi connectivity index (χ0v) is 21.3. The van der Waals surface area contributed by atoms with E-state index >= 15 is 0 Å². The number of hydrogen-bond donors (Lipinski definition) is 2. The van der Waals surface area contributed by atoms with Crippen LogP contribution in [-0.4, -0.2) is 43.8 Å². The van der Waals surface area contributed by atoms with Crippen molar-refractivity contribution >= 4 is 45.5 Å². The zero-order valence-electron chi connectivity index (χ0n) is 20.5. The van der Waals surface area contributed by atoms with E-state index < -0.39 is 17.3 Å². The molecule has 0 bridgehead atoms. The fourth-order valence-electron chi connectivity index (χ4n) is 5.03. The van der Waals surface area contributed by atoms with Crippen molar-refractivity contribution in [1.82, 2.24) is 5.32 Å². The van der Waals surface area contributed by atoms with Gasteiger partial charge < -0.3 is 24.8 Å². The monoisotopic (exact) mass is 520 g/mol. The second kappa shape index (κ2) is 9.44. The normalized spacial score (nSPS) is 20.3. The van der Waals surface area contributed by atoms with E-state index in [0.717, 1.165) is 10.8 Å². The molecule has 37 heavy (non-hydrogen) atoms. The average Bonchev–Trinajstić information content (AvgIpc) is 3.20. The maximum atomic E-state index is 13.9. The molecule has 2 atom stereocenters. The van der Waals surface area contributed by atoms with Gasteiger partial charge in [-0.3, -0.25) is 14.4 Å². The maximum absolute atomic E-state index is 13.9. The number of Topliss-reactive ketones (excluding diaryl/α,β-unsaturated/α-hetero) is 1. The van der Waals surface area contributed by atoms with Crippen molar-refractivity contribution < 1.29 is 28.6 Å². The average molecular weight is 521 g/mol. The van der Waals surface area contributed by atoms with Gasteiger partial charge >= 0.3 is 0 Å². The lowest BCUT2D eigenvalue weighted by molar-refractivity contribution is -0.118. The summed E-state index contributed by atoms with van der Waals surface area (Å²) in [4.78, 5) is 39.4. The van der Waals surface area contributed by atoms with E-state index in [-0.39, 0.29) is 58.2 Å². The summed E-state index contributed by atoms with van der Waals surface area (Å²) >= 11 is 6.51. The molecular weight excluding hydrogens is 496 g/mol. The highest BCUT2D eigenvalue weighted by Crippen LogP contribution is 2.54. The first-order valence-electron chi connectivity index (χ1n) is 11.7. The minimum absolute atomic E-state index is 0.0875. The van der Waals surface area contributed by atoms with E-state index in [2.05, 4.69) is 10.6 Å². The molecule has 1 heterocycles. The first kappa shape index (κ1) is 24.6. The standard InChI is InChI=1S/C28H25ClN2O6/c1-15-11-17(32)12-22(30-14-23(33)31-19-10-6-8-16-7-4-5-9-18(16)19)28(15)27(34)24-20(35-2)13-21(36-3)25(29)26(24)37-28/h4-10,12-13,15,30H,11,14H2,1-3H3,(H,31,33)/t15-,28+/m1/s1. The molecule has 0 saturated heterocycles. The topological polar surface area (TPSA) is 103 Å². The summed E-state index contributed by atoms with van der Waals surface area (Å²) in [5.74, 6) is -0.823. The van der Waals surface area contributed by atoms with Crippen LogP contribution in [0.3, 0.4) is 0 Å². The van der Waals surface area contributed by atoms with Gasteiger partial charge in [0.05, 0.1) is 26.5 Å². The number of carbonyl (C=O) groups excluding carboxylic acids is 3. The molecule has 5 rings (SSSR count). The van der Waals surface area contributed by atoms with E-state index in [4.69, 9.17) is 25.8 Å². The molecule has 2 aliphatic rings. The van der Waals surface area contributed by atoms with Crippen molar-refractivity contribution in [2.45, 2.75) is 18.9 Å². The summed E-state index contributed by atoms with van der Waals surface area (Å²) in [7, 11) is 2.88. The molecule has 1 aliphatic carbocycles. The van der Waals surface area contributed by atoms with Crippen LogP contribution in [0.1, 0.15) is 23.7 Å². The molecule has 9 heteroatoms. The lowest BCUT2D eigenvalue weighted by Crippen LogP contribution is -2.55. The highest BCUT2D eigenvalue weighted by molar-refractivity contribution is 6.35. The van der Waals surface area contributed by atoms with E-state index in [1.54, 1.807) is 6.92 Å². The Kier molecular flexibility index (Phi) is 6.29. The van der Waals surface area contributed by atoms with Gasteiger partial charge in [0.25, 0.3) is 0 Å². The van der Waals surface area contributed by atoms with Crippen LogP contribution < -0.4 is 24.8 Å². The molecule has 3 aromatic carbocycles. The smallest absolute Gasteiger partial charge is 0.243 e. The van der Waals surface area contributed by atoms with Gasteiger partial charge in [-0.05, 0) is 11.5 Å². The number of anilines is 1. The molecule has 0 saturated carbocycles. The third kappa shape index (κ3) is 3.97. The minimum atomic E-state index is -1.57. The van der Waals surface area contributed by atoms with Crippen LogP contribution in [-0.2, 0) is 9.59 Å². The van der Waals surface area contributed by atoms with E-state index in [9.17, 15) is 14.4 Å². The van der Waals surface area contributed by atoms with Crippen LogP contribution in [0.2, 0.25) is 5.02 Å². The minimum Gasteiger partial charge on any atom is -0.496 e. The molecule has 1 aliphatic heterocycles. The Bertz CT molecular complexity index is 1480. The first-order chi connectivity index (χ1) is 17.8. The zero-order chi connectivity index (χ0) is 26.3. The van der Waals surface area contributed by atoms with Crippen LogP contribution in [0.4, 0.5) is 5.69 Å². The van der Waals surface area contributed by atoms with E-state index in [0.29, 0.717) is 5.69 Å². The van der Waals surface area contributed by atoms with Gasteiger partial charge in [0.15, 0.2) is 11.5 Å². The Morgan fingerprint density at radius 1 is 1.11 bits per heavy atom. The molecular formula is C28H25ClN2O6. The number of benzene rings is 3. The summed E-state index contributed by atoms with van der Waals surface area (Å²) in [5, 5.41) is 7.92. The van der Waals surface area contributed by atoms with Crippen molar-refractivity contribution in [3.63, 3.8) is 0 Å². The number of rotatable bonds is 6. The van der Waals surface area contributed by atoms with Crippen LogP contribution in [0.25, 0.3) is 10.8 Å². The summed E-state index contributed by atoms with van der Waals surface area (Å²) < 4.78 is 17.0. The number of carbonyl (C=O) groups is 3. The third-order valence-corrected chi connectivity index (χ3v) is 7.19. The quantitative estimate of drug-likeness (QED) is 0.491. The first-order valence-corrected chi connectivity index (χ1v) is 12.1. The van der Waals surface area contributed by atoms with Gasteiger partial charge in [0, 0.05) is 35.6 Å². The molecule has 1 spiro atoms. The van der Waals surface area contributed by atoms with Crippen molar-refractivity contribution in [2.24, 2.45) is 5.92 Å². The highest BCUT2D eigenvalue weighted by atomic mass is 35.5. The molecule has 0 unspecified atom stereocenters. The predicted octanol–water partition coefficient (Wildman–Crippen LogP) is 4.55.